The molecular formula is C19H26N4O2. The number of nitrogens with two attached hydrogens (primary N) is 1. The van der Waals surface area contributed by atoms with E-state index in [1.54, 1.807) is 0 Å². The number of rotatable bonds is 5. The van der Waals surface area contributed by atoms with Gasteiger partial charge < -0.3 is 16.2 Å². The Balaban J connectivity index is 1.76. The van der Waals surface area contributed by atoms with Crippen molar-refractivity contribution in [2.75, 3.05) is 6.54 Å². The summed E-state index contributed by atoms with van der Waals surface area (Å²) >= 11 is 0. The van der Waals surface area contributed by atoms with Gasteiger partial charge >= 0.3 is 0 Å². The number of nitrogens with zero attached hydrogens (tertiary/aromatic N) is 2. The van der Waals surface area contributed by atoms with Crippen molar-refractivity contribution in [1.29, 1.82) is 0 Å². The number of benzene rings is 1. The van der Waals surface area contributed by atoms with E-state index in [2.05, 4.69) is 24.3 Å². The van der Waals surface area contributed by atoms with Gasteiger partial charge in [-0.3, -0.25) is 4.79 Å². The SMILES string of the molecule is CC(C)c1ccc(-n2cc(O)c(C(=O)NC3CCCC3CN)n2)cc1. The molecule has 3 rings (SSSR count). The largest absolute Gasteiger partial charge is 0.504 e. The monoisotopic (exact) mass is 342 g/mol. The van der Waals surface area contributed by atoms with Gasteiger partial charge in [0, 0.05) is 6.04 Å². The molecule has 2 atom stereocenters. The van der Waals surface area contributed by atoms with Crippen LogP contribution in [0.3, 0.4) is 0 Å². The van der Waals surface area contributed by atoms with Crippen LogP contribution in [0.25, 0.3) is 5.69 Å². The van der Waals surface area contributed by atoms with E-state index in [1.165, 1.54) is 16.4 Å². The van der Waals surface area contributed by atoms with Gasteiger partial charge in [-0.05, 0) is 48.9 Å². The second-order valence-corrected chi connectivity index (χ2v) is 7.06. The molecule has 1 aliphatic rings. The summed E-state index contributed by atoms with van der Waals surface area (Å²) in [6.07, 6.45) is 4.49. The topological polar surface area (TPSA) is 93.2 Å². The van der Waals surface area contributed by atoms with Gasteiger partial charge in [-0.15, -0.1) is 0 Å². The van der Waals surface area contributed by atoms with Gasteiger partial charge in [-0.1, -0.05) is 32.4 Å². The predicted octanol–water partition coefficient (Wildman–Crippen LogP) is 2.56. The molecule has 1 saturated carbocycles. The number of amides is 1. The third-order valence-electron chi connectivity index (χ3n) is 5.01. The summed E-state index contributed by atoms with van der Waals surface area (Å²) in [5.74, 6) is 0.285. The third kappa shape index (κ3) is 3.69. The fourth-order valence-corrected chi connectivity index (χ4v) is 3.42. The van der Waals surface area contributed by atoms with Crippen molar-refractivity contribution in [1.82, 2.24) is 15.1 Å². The number of aromatic hydroxyl groups is 1. The highest BCUT2D eigenvalue weighted by molar-refractivity contribution is 5.95. The van der Waals surface area contributed by atoms with E-state index < -0.39 is 0 Å². The molecule has 1 aliphatic carbocycles. The smallest absolute Gasteiger partial charge is 0.275 e. The Morgan fingerprint density at radius 3 is 2.72 bits per heavy atom. The Kier molecular flexibility index (Phi) is 5.08. The van der Waals surface area contributed by atoms with Gasteiger partial charge in [0.25, 0.3) is 5.91 Å². The zero-order valence-electron chi connectivity index (χ0n) is 14.8. The van der Waals surface area contributed by atoms with Crippen LogP contribution in [0, 0.1) is 5.92 Å². The number of aromatic nitrogens is 2. The maximum absolute atomic E-state index is 12.5. The van der Waals surface area contributed by atoms with Gasteiger partial charge in [0.05, 0.1) is 11.9 Å². The van der Waals surface area contributed by atoms with Gasteiger partial charge in [-0.2, -0.15) is 5.10 Å². The average molecular weight is 342 g/mol. The first-order chi connectivity index (χ1) is 12.0. The molecule has 25 heavy (non-hydrogen) atoms. The lowest BCUT2D eigenvalue weighted by molar-refractivity contribution is 0.0920. The van der Waals surface area contributed by atoms with E-state index in [0.29, 0.717) is 18.4 Å². The summed E-state index contributed by atoms with van der Waals surface area (Å²) in [6.45, 7) is 4.83. The normalized spacial score (nSPS) is 20.2. The Bertz CT molecular complexity index is 736. The lowest BCUT2D eigenvalue weighted by Crippen LogP contribution is -2.40. The minimum atomic E-state index is -0.347. The predicted molar refractivity (Wildman–Crippen MR) is 97.0 cm³/mol. The standard InChI is InChI=1S/C19H26N4O2/c1-12(2)13-6-8-15(9-7-13)23-11-17(24)18(22-23)19(25)21-16-5-3-4-14(16)10-20/h6-9,11-12,14,16,24H,3-5,10,20H2,1-2H3,(H,21,25). The molecule has 0 aliphatic heterocycles. The fraction of sp³-hybridized carbons (Fsp3) is 0.474. The summed E-state index contributed by atoms with van der Waals surface area (Å²) in [4.78, 5) is 12.5. The van der Waals surface area contributed by atoms with Crippen LogP contribution in [-0.2, 0) is 0 Å². The summed E-state index contributed by atoms with van der Waals surface area (Å²) in [6, 6.07) is 7.99. The van der Waals surface area contributed by atoms with E-state index in [-0.39, 0.29) is 23.4 Å². The Morgan fingerprint density at radius 2 is 2.08 bits per heavy atom. The fourth-order valence-electron chi connectivity index (χ4n) is 3.42. The first kappa shape index (κ1) is 17.5. The molecule has 134 valence electrons. The van der Waals surface area contributed by atoms with E-state index in [0.717, 1.165) is 24.9 Å². The molecule has 1 aromatic carbocycles. The molecule has 1 fully saturated rings. The lowest BCUT2D eigenvalue weighted by atomic mass is 10.0. The van der Waals surface area contributed by atoms with Gasteiger partial charge in [-0.25, -0.2) is 4.68 Å². The lowest BCUT2D eigenvalue weighted by Gasteiger charge is -2.18. The Labute approximate surface area is 148 Å². The summed E-state index contributed by atoms with van der Waals surface area (Å²) in [5.41, 5.74) is 7.85. The van der Waals surface area contributed by atoms with Crippen LogP contribution in [0.2, 0.25) is 0 Å². The highest BCUT2D eigenvalue weighted by atomic mass is 16.3. The molecular weight excluding hydrogens is 316 g/mol. The van der Waals surface area contributed by atoms with Crippen LogP contribution >= 0.6 is 0 Å². The number of hydrogen-bond acceptors (Lipinski definition) is 4. The van der Waals surface area contributed by atoms with Crippen molar-refractivity contribution in [2.45, 2.75) is 45.1 Å². The number of hydrogen-bond donors (Lipinski definition) is 3. The Morgan fingerprint density at radius 1 is 1.36 bits per heavy atom. The molecule has 1 heterocycles. The van der Waals surface area contributed by atoms with E-state index in [4.69, 9.17) is 5.73 Å². The van der Waals surface area contributed by atoms with Crippen molar-refractivity contribution < 1.29 is 9.90 Å². The number of nitrogens with one attached hydrogen (secondary N) is 1. The second-order valence-electron chi connectivity index (χ2n) is 7.06. The maximum atomic E-state index is 12.5. The zero-order chi connectivity index (χ0) is 18.0. The van der Waals surface area contributed by atoms with Crippen molar-refractivity contribution >= 4 is 5.91 Å². The summed E-state index contributed by atoms with van der Waals surface area (Å²) in [7, 11) is 0. The summed E-state index contributed by atoms with van der Waals surface area (Å²) in [5, 5.41) is 17.4. The van der Waals surface area contributed by atoms with Gasteiger partial charge in [0.1, 0.15) is 0 Å². The van der Waals surface area contributed by atoms with Crippen molar-refractivity contribution in [3.05, 3.63) is 41.7 Å². The Hall–Kier alpha value is -2.34. The van der Waals surface area contributed by atoms with Crippen LogP contribution in [0.15, 0.2) is 30.5 Å². The highest BCUT2D eigenvalue weighted by Gasteiger charge is 2.29. The van der Waals surface area contributed by atoms with E-state index in [1.807, 2.05) is 24.3 Å². The van der Waals surface area contributed by atoms with Gasteiger partial charge in [0.2, 0.25) is 0 Å². The molecule has 4 N–H and O–H groups in total. The van der Waals surface area contributed by atoms with E-state index in [9.17, 15) is 9.90 Å². The quantitative estimate of drug-likeness (QED) is 0.778. The van der Waals surface area contributed by atoms with Crippen molar-refractivity contribution in [3.8, 4) is 11.4 Å². The molecule has 6 nitrogen and oxygen atoms in total. The van der Waals surface area contributed by atoms with Crippen LogP contribution in [0.4, 0.5) is 0 Å². The molecule has 0 bridgehead atoms. The van der Waals surface area contributed by atoms with Crippen LogP contribution in [0.1, 0.15) is 55.1 Å². The van der Waals surface area contributed by atoms with Crippen molar-refractivity contribution in [2.24, 2.45) is 11.7 Å². The molecule has 6 heteroatoms. The molecule has 0 radical (unpaired) electrons. The minimum Gasteiger partial charge on any atom is -0.504 e. The minimum absolute atomic E-state index is 0.0515. The van der Waals surface area contributed by atoms with Crippen LogP contribution in [-0.4, -0.2) is 33.4 Å². The molecule has 1 amide bonds. The molecule has 0 saturated heterocycles. The highest BCUT2D eigenvalue weighted by Crippen LogP contribution is 2.26. The molecule has 2 aromatic rings. The number of carbonyl (C=O) groups excluding carboxylic acids is 1. The first-order valence-corrected chi connectivity index (χ1v) is 8.89. The van der Waals surface area contributed by atoms with Crippen LogP contribution < -0.4 is 11.1 Å². The summed E-state index contributed by atoms with van der Waals surface area (Å²) < 4.78 is 1.53. The zero-order valence-corrected chi connectivity index (χ0v) is 14.8. The van der Waals surface area contributed by atoms with Gasteiger partial charge in [0.15, 0.2) is 11.4 Å². The van der Waals surface area contributed by atoms with E-state index >= 15 is 0 Å². The van der Waals surface area contributed by atoms with Crippen molar-refractivity contribution in [3.63, 3.8) is 0 Å². The first-order valence-electron chi connectivity index (χ1n) is 8.89. The third-order valence-corrected chi connectivity index (χ3v) is 5.01. The maximum Gasteiger partial charge on any atom is 0.275 e. The van der Waals surface area contributed by atoms with Crippen LogP contribution in [0.5, 0.6) is 5.75 Å². The molecule has 0 spiro atoms. The molecule has 2 unspecified atom stereocenters. The number of carbonyl (C=O) groups is 1. The second kappa shape index (κ2) is 7.27. The molecule has 1 aromatic heterocycles. The average Bonchev–Trinajstić information content (AvgIpc) is 3.21.